The van der Waals surface area contributed by atoms with Crippen LogP contribution in [0.2, 0.25) is 0 Å². The van der Waals surface area contributed by atoms with Gasteiger partial charge >= 0.3 is 0 Å². The molecule has 5 nitrogen and oxygen atoms in total. The van der Waals surface area contributed by atoms with E-state index in [2.05, 4.69) is 27.3 Å². The minimum Gasteiger partial charge on any atom is -0.317 e. The van der Waals surface area contributed by atoms with Crippen molar-refractivity contribution in [3.63, 3.8) is 0 Å². The van der Waals surface area contributed by atoms with Crippen LogP contribution in [0.25, 0.3) is 11.0 Å². The molecule has 5 heteroatoms. The van der Waals surface area contributed by atoms with Gasteiger partial charge in [-0.05, 0) is 13.5 Å². The summed E-state index contributed by atoms with van der Waals surface area (Å²) in [5, 5.41) is 8.55. The highest BCUT2D eigenvalue weighted by Crippen LogP contribution is 2.15. The van der Waals surface area contributed by atoms with E-state index in [4.69, 9.17) is 0 Å². The molecule has 1 atom stereocenters. The van der Waals surface area contributed by atoms with Gasteiger partial charge in [-0.25, -0.2) is 9.97 Å². The van der Waals surface area contributed by atoms with Crippen molar-refractivity contribution in [1.29, 1.82) is 0 Å². The Kier molecular flexibility index (Phi) is 3.14. The second-order valence-electron chi connectivity index (χ2n) is 3.92. The van der Waals surface area contributed by atoms with Gasteiger partial charge in [-0.1, -0.05) is 6.92 Å². The molecule has 0 amide bonds. The molecule has 0 bridgehead atoms. The number of nitrogens with zero attached hydrogens (tertiary/aromatic N) is 4. The fraction of sp³-hybridized carbons (Fsp3) is 0.545. The number of aromatic nitrogens is 4. The van der Waals surface area contributed by atoms with E-state index in [9.17, 15) is 0 Å². The molecule has 86 valence electrons. The summed E-state index contributed by atoms with van der Waals surface area (Å²) in [5.41, 5.74) is 1.97. The van der Waals surface area contributed by atoms with E-state index in [0.29, 0.717) is 6.04 Å². The van der Waals surface area contributed by atoms with Gasteiger partial charge in [0.1, 0.15) is 6.33 Å². The van der Waals surface area contributed by atoms with E-state index in [1.54, 1.807) is 11.0 Å². The number of rotatable bonds is 4. The number of hydrogen-bond acceptors (Lipinski definition) is 4. The number of nitrogens with one attached hydrogen (secondary N) is 1. The van der Waals surface area contributed by atoms with Crippen LogP contribution in [0.4, 0.5) is 0 Å². The minimum atomic E-state index is 0.457. The molecule has 0 spiro atoms. The fourth-order valence-corrected chi connectivity index (χ4v) is 1.86. The van der Waals surface area contributed by atoms with Crippen molar-refractivity contribution in [2.75, 3.05) is 7.05 Å². The number of aryl methyl sites for hydroxylation is 1. The lowest BCUT2D eigenvalue weighted by molar-refractivity contribution is 0.539. The highest BCUT2D eigenvalue weighted by molar-refractivity contribution is 5.76. The molecule has 2 heterocycles. The summed E-state index contributed by atoms with van der Waals surface area (Å²) < 4.78 is 1.78. The zero-order valence-electron chi connectivity index (χ0n) is 9.94. The monoisotopic (exact) mass is 219 g/mol. The quantitative estimate of drug-likeness (QED) is 0.830. The maximum Gasteiger partial charge on any atom is 0.161 e. The average Bonchev–Trinajstić information content (AvgIpc) is 2.69. The Balaban J connectivity index is 2.37. The average molecular weight is 219 g/mol. The third-order valence-corrected chi connectivity index (χ3v) is 2.95. The van der Waals surface area contributed by atoms with E-state index in [0.717, 1.165) is 29.6 Å². The van der Waals surface area contributed by atoms with Gasteiger partial charge in [0.15, 0.2) is 5.65 Å². The Labute approximate surface area is 94.9 Å². The van der Waals surface area contributed by atoms with Crippen LogP contribution in [0.3, 0.4) is 0 Å². The summed E-state index contributed by atoms with van der Waals surface area (Å²) >= 11 is 0. The van der Waals surface area contributed by atoms with Gasteiger partial charge in [0, 0.05) is 19.5 Å². The first-order valence-corrected chi connectivity index (χ1v) is 5.55. The van der Waals surface area contributed by atoms with E-state index in [1.807, 2.05) is 20.3 Å². The molecule has 0 saturated carbocycles. The fourth-order valence-electron chi connectivity index (χ4n) is 1.86. The Morgan fingerprint density at radius 2 is 2.25 bits per heavy atom. The van der Waals surface area contributed by atoms with Gasteiger partial charge in [0.05, 0.1) is 17.3 Å². The molecule has 0 radical (unpaired) electrons. The van der Waals surface area contributed by atoms with Crippen molar-refractivity contribution in [2.45, 2.75) is 25.8 Å². The van der Waals surface area contributed by atoms with Gasteiger partial charge in [-0.15, -0.1) is 0 Å². The smallest absolute Gasteiger partial charge is 0.161 e. The first-order valence-electron chi connectivity index (χ1n) is 5.55. The number of hydrogen-bond donors (Lipinski definition) is 1. The lowest BCUT2D eigenvalue weighted by Crippen LogP contribution is -2.27. The second-order valence-corrected chi connectivity index (χ2v) is 3.92. The number of fused-ring (bicyclic) bond motifs is 1. The zero-order valence-corrected chi connectivity index (χ0v) is 9.94. The van der Waals surface area contributed by atoms with Crippen LogP contribution in [-0.2, 0) is 13.5 Å². The molecule has 0 fully saturated rings. The Bertz CT molecular complexity index is 472. The molecular formula is C11H17N5. The molecule has 1 unspecified atom stereocenters. The van der Waals surface area contributed by atoms with Gasteiger partial charge in [0.2, 0.25) is 0 Å². The largest absolute Gasteiger partial charge is 0.317 e. The molecule has 2 rings (SSSR count). The lowest BCUT2D eigenvalue weighted by atomic mass is 10.1. The summed E-state index contributed by atoms with van der Waals surface area (Å²) in [7, 11) is 3.88. The molecule has 0 aliphatic heterocycles. The Morgan fingerprint density at radius 1 is 1.44 bits per heavy atom. The van der Waals surface area contributed by atoms with Crippen LogP contribution in [-0.4, -0.2) is 32.8 Å². The van der Waals surface area contributed by atoms with E-state index in [-0.39, 0.29) is 0 Å². The predicted octanol–water partition coefficient (Wildman–Crippen LogP) is 0.904. The van der Waals surface area contributed by atoms with Crippen LogP contribution in [0.1, 0.15) is 19.0 Å². The van der Waals surface area contributed by atoms with Gasteiger partial charge in [-0.3, -0.25) is 4.68 Å². The number of likely N-dealkylation sites (N-methyl/N-ethyl adjacent to an activating group) is 1. The standard InChI is InChI=1S/C11H17N5/c1-4-8(12-2)5-10-9-6-15-16(3)11(9)14-7-13-10/h6-8,12H,4-5H2,1-3H3. The molecule has 2 aromatic heterocycles. The normalized spacial score (nSPS) is 13.2. The van der Waals surface area contributed by atoms with Crippen LogP contribution in [0.15, 0.2) is 12.5 Å². The molecule has 1 N–H and O–H groups in total. The summed E-state index contributed by atoms with van der Waals surface area (Å²) in [6, 6.07) is 0.457. The third kappa shape index (κ3) is 1.90. The van der Waals surface area contributed by atoms with Gasteiger partial charge in [0.25, 0.3) is 0 Å². The molecule has 0 aliphatic rings. The van der Waals surface area contributed by atoms with Gasteiger partial charge < -0.3 is 5.32 Å². The maximum atomic E-state index is 4.35. The highest BCUT2D eigenvalue weighted by Gasteiger charge is 2.11. The summed E-state index contributed by atoms with van der Waals surface area (Å²) in [6.45, 7) is 2.17. The first kappa shape index (κ1) is 11.0. The summed E-state index contributed by atoms with van der Waals surface area (Å²) in [5.74, 6) is 0. The first-order chi connectivity index (χ1) is 7.76. The van der Waals surface area contributed by atoms with Crippen LogP contribution >= 0.6 is 0 Å². The van der Waals surface area contributed by atoms with Crippen LogP contribution in [0.5, 0.6) is 0 Å². The zero-order chi connectivity index (χ0) is 11.5. The van der Waals surface area contributed by atoms with Crippen molar-refractivity contribution in [3.05, 3.63) is 18.2 Å². The van der Waals surface area contributed by atoms with Crippen molar-refractivity contribution >= 4 is 11.0 Å². The highest BCUT2D eigenvalue weighted by atomic mass is 15.3. The Hall–Kier alpha value is -1.49. The maximum absolute atomic E-state index is 4.35. The van der Waals surface area contributed by atoms with Crippen molar-refractivity contribution < 1.29 is 0 Å². The molecular weight excluding hydrogens is 202 g/mol. The lowest BCUT2D eigenvalue weighted by Gasteiger charge is -2.13. The minimum absolute atomic E-state index is 0.457. The molecule has 0 saturated heterocycles. The molecule has 0 aliphatic carbocycles. The van der Waals surface area contributed by atoms with Crippen molar-refractivity contribution in [1.82, 2.24) is 25.1 Å². The molecule has 16 heavy (non-hydrogen) atoms. The van der Waals surface area contributed by atoms with E-state index >= 15 is 0 Å². The molecule has 2 aromatic rings. The second kappa shape index (κ2) is 4.57. The van der Waals surface area contributed by atoms with Crippen LogP contribution < -0.4 is 5.32 Å². The molecule has 0 aromatic carbocycles. The third-order valence-electron chi connectivity index (χ3n) is 2.95. The summed E-state index contributed by atoms with van der Waals surface area (Å²) in [4.78, 5) is 8.58. The van der Waals surface area contributed by atoms with Crippen molar-refractivity contribution in [2.24, 2.45) is 7.05 Å². The Morgan fingerprint density at radius 3 is 2.94 bits per heavy atom. The topological polar surface area (TPSA) is 55.6 Å². The predicted molar refractivity (Wildman–Crippen MR) is 63.1 cm³/mol. The van der Waals surface area contributed by atoms with Crippen LogP contribution in [0, 0.1) is 0 Å². The van der Waals surface area contributed by atoms with E-state index < -0.39 is 0 Å². The van der Waals surface area contributed by atoms with E-state index in [1.165, 1.54) is 0 Å². The van der Waals surface area contributed by atoms with Gasteiger partial charge in [-0.2, -0.15) is 5.10 Å². The summed E-state index contributed by atoms with van der Waals surface area (Å²) in [6.07, 6.45) is 5.45. The van der Waals surface area contributed by atoms with Crippen molar-refractivity contribution in [3.8, 4) is 0 Å². The SMILES string of the molecule is CCC(Cc1ncnc2c1cnn2C)NC.